The lowest BCUT2D eigenvalue weighted by atomic mass is 10.2. The number of hydrogen-bond donors (Lipinski definition) is 1. The summed E-state index contributed by atoms with van der Waals surface area (Å²) in [6.07, 6.45) is 1.71. The van der Waals surface area contributed by atoms with Crippen molar-refractivity contribution in [2.24, 2.45) is 0 Å². The fourth-order valence-corrected chi connectivity index (χ4v) is 1.48. The van der Waals surface area contributed by atoms with Crippen LogP contribution in [-0.4, -0.2) is 25.4 Å². The Morgan fingerprint density at radius 2 is 2.06 bits per heavy atom. The maximum absolute atomic E-state index is 5.58. The lowest BCUT2D eigenvalue weighted by Crippen LogP contribution is -2.21. The van der Waals surface area contributed by atoms with Gasteiger partial charge in [-0.1, -0.05) is 6.92 Å². The molecule has 0 aliphatic heterocycles. The molecule has 1 heterocycles. The average Bonchev–Trinajstić information content (AvgIpc) is 2.72. The van der Waals surface area contributed by atoms with E-state index in [9.17, 15) is 0 Å². The molecule has 1 N–H and O–H groups in total. The van der Waals surface area contributed by atoms with Crippen LogP contribution in [0.3, 0.4) is 0 Å². The summed E-state index contributed by atoms with van der Waals surface area (Å²) in [6.45, 7) is 11.7. The predicted octanol–water partition coefficient (Wildman–Crippen LogP) is 2.72. The van der Waals surface area contributed by atoms with Crippen molar-refractivity contribution in [2.45, 2.75) is 46.4 Å². The third kappa shape index (κ3) is 6.19. The molecule has 0 bridgehead atoms. The van der Waals surface area contributed by atoms with Gasteiger partial charge in [-0.25, -0.2) is 0 Å². The van der Waals surface area contributed by atoms with Gasteiger partial charge in [-0.05, 0) is 33.4 Å². The Bertz CT molecular complexity index is 328. The van der Waals surface area contributed by atoms with Gasteiger partial charge in [-0.2, -0.15) is 0 Å². The highest BCUT2D eigenvalue weighted by atomic mass is 16.5. The summed E-state index contributed by atoms with van der Waals surface area (Å²) in [5.41, 5.74) is 1.05. The molecule has 4 nitrogen and oxygen atoms in total. The normalized spacial score (nSPS) is 12.0. The second kappa shape index (κ2) is 7.56. The fraction of sp³-hybridized carbons (Fsp3) is 0.714. The standard InChI is InChI=1S/C14H25NO3/c1-5-15-10-12-6-7-17-13(12)11-16-8-9-18-14(2,3)4/h6-7,15H,5,8-11H2,1-4H3. The third-order valence-electron chi connectivity index (χ3n) is 2.40. The van der Waals surface area contributed by atoms with Crippen LogP contribution in [0.25, 0.3) is 0 Å². The van der Waals surface area contributed by atoms with Crippen LogP contribution in [0.2, 0.25) is 0 Å². The van der Waals surface area contributed by atoms with Crippen molar-refractivity contribution in [1.82, 2.24) is 5.32 Å². The van der Waals surface area contributed by atoms with Gasteiger partial charge in [0.25, 0.3) is 0 Å². The summed E-state index contributed by atoms with van der Waals surface area (Å²) in [5.74, 6) is 0.895. The number of nitrogens with one attached hydrogen (secondary N) is 1. The zero-order chi connectivity index (χ0) is 13.4. The van der Waals surface area contributed by atoms with E-state index >= 15 is 0 Å². The van der Waals surface area contributed by atoms with Crippen molar-refractivity contribution < 1.29 is 13.9 Å². The summed E-state index contributed by atoms with van der Waals surface area (Å²) in [5, 5.41) is 3.27. The Hall–Kier alpha value is -0.840. The highest BCUT2D eigenvalue weighted by molar-refractivity contribution is 5.15. The van der Waals surface area contributed by atoms with Gasteiger partial charge in [0.2, 0.25) is 0 Å². The largest absolute Gasteiger partial charge is 0.467 e. The second-order valence-electron chi connectivity index (χ2n) is 5.16. The highest BCUT2D eigenvalue weighted by Crippen LogP contribution is 2.12. The SMILES string of the molecule is CCNCc1ccoc1COCCOC(C)(C)C. The zero-order valence-corrected chi connectivity index (χ0v) is 11.9. The van der Waals surface area contributed by atoms with E-state index in [-0.39, 0.29) is 5.60 Å². The van der Waals surface area contributed by atoms with Crippen molar-refractivity contribution in [3.05, 3.63) is 23.7 Å². The minimum absolute atomic E-state index is 0.107. The summed E-state index contributed by atoms with van der Waals surface area (Å²) >= 11 is 0. The van der Waals surface area contributed by atoms with E-state index in [0.29, 0.717) is 19.8 Å². The maximum atomic E-state index is 5.58. The molecule has 1 aromatic heterocycles. The van der Waals surface area contributed by atoms with Gasteiger partial charge >= 0.3 is 0 Å². The van der Waals surface area contributed by atoms with E-state index in [1.807, 2.05) is 26.8 Å². The molecule has 0 fully saturated rings. The van der Waals surface area contributed by atoms with Gasteiger partial charge in [0.05, 0.1) is 25.1 Å². The van der Waals surface area contributed by atoms with Gasteiger partial charge in [0.1, 0.15) is 12.4 Å². The first-order valence-corrected chi connectivity index (χ1v) is 6.50. The molecule has 0 unspecified atom stereocenters. The molecule has 104 valence electrons. The second-order valence-corrected chi connectivity index (χ2v) is 5.16. The van der Waals surface area contributed by atoms with E-state index in [1.54, 1.807) is 6.26 Å². The first-order valence-electron chi connectivity index (χ1n) is 6.50. The van der Waals surface area contributed by atoms with Crippen LogP contribution in [0.4, 0.5) is 0 Å². The molecule has 1 aromatic rings. The molecule has 18 heavy (non-hydrogen) atoms. The highest BCUT2D eigenvalue weighted by Gasteiger charge is 2.10. The first-order chi connectivity index (χ1) is 8.53. The molecule has 0 spiro atoms. The number of hydrogen-bond acceptors (Lipinski definition) is 4. The molecule has 0 amide bonds. The van der Waals surface area contributed by atoms with E-state index in [0.717, 1.165) is 24.4 Å². The molecule has 0 aliphatic carbocycles. The molecule has 1 rings (SSSR count). The fourth-order valence-electron chi connectivity index (χ4n) is 1.48. The molecule has 0 aliphatic rings. The van der Waals surface area contributed by atoms with E-state index in [4.69, 9.17) is 13.9 Å². The molecular formula is C14H25NO3. The summed E-state index contributed by atoms with van der Waals surface area (Å²) < 4.78 is 16.5. The minimum atomic E-state index is -0.107. The monoisotopic (exact) mass is 255 g/mol. The van der Waals surface area contributed by atoms with E-state index in [1.165, 1.54) is 0 Å². The molecule has 0 radical (unpaired) electrons. The lowest BCUT2D eigenvalue weighted by molar-refractivity contribution is -0.0395. The molecule has 0 saturated carbocycles. The Kier molecular flexibility index (Phi) is 6.39. The van der Waals surface area contributed by atoms with Crippen LogP contribution in [0.15, 0.2) is 16.7 Å². The minimum Gasteiger partial charge on any atom is -0.467 e. The Morgan fingerprint density at radius 3 is 2.72 bits per heavy atom. The Morgan fingerprint density at radius 1 is 1.28 bits per heavy atom. The lowest BCUT2D eigenvalue weighted by Gasteiger charge is -2.19. The quantitative estimate of drug-likeness (QED) is 0.725. The van der Waals surface area contributed by atoms with Crippen molar-refractivity contribution in [3.8, 4) is 0 Å². The summed E-state index contributed by atoms with van der Waals surface area (Å²) in [4.78, 5) is 0. The van der Waals surface area contributed by atoms with Gasteiger partial charge in [-0.3, -0.25) is 0 Å². The summed E-state index contributed by atoms with van der Waals surface area (Å²) in [6, 6.07) is 1.98. The van der Waals surface area contributed by atoms with Gasteiger partial charge in [0.15, 0.2) is 0 Å². The Balaban J connectivity index is 2.21. The molecule has 0 saturated heterocycles. The van der Waals surface area contributed by atoms with Crippen LogP contribution in [0.1, 0.15) is 39.0 Å². The molecule has 0 aromatic carbocycles. The number of rotatable bonds is 8. The van der Waals surface area contributed by atoms with Crippen LogP contribution in [0.5, 0.6) is 0 Å². The molecule has 0 atom stereocenters. The Labute approximate surface area is 110 Å². The van der Waals surface area contributed by atoms with Crippen LogP contribution < -0.4 is 5.32 Å². The van der Waals surface area contributed by atoms with Crippen molar-refractivity contribution in [2.75, 3.05) is 19.8 Å². The smallest absolute Gasteiger partial charge is 0.133 e. The average molecular weight is 255 g/mol. The van der Waals surface area contributed by atoms with Gasteiger partial charge < -0.3 is 19.2 Å². The van der Waals surface area contributed by atoms with Crippen LogP contribution >= 0.6 is 0 Å². The van der Waals surface area contributed by atoms with Crippen molar-refractivity contribution in [1.29, 1.82) is 0 Å². The zero-order valence-electron chi connectivity index (χ0n) is 11.9. The van der Waals surface area contributed by atoms with E-state index in [2.05, 4.69) is 12.2 Å². The van der Waals surface area contributed by atoms with Crippen LogP contribution in [-0.2, 0) is 22.6 Å². The van der Waals surface area contributed by atoms with Gasteiger partial charge in [-0.15, -0.1) is 0 Å². The molecular weight excluding hydrogens is 230 g/mol. The topological polar surface area (TPSA) is 43.6 Å². The van der Waals surface area contributed by atoms with Gasteiger partial charge in [0, 0.05) is 12.1 Å². The first kappa shape index (κ1) is 15.2. The third-order valence-corrected chi connectivity index (χ3v) is 2.40. The molecule has 4 heteroatoms. The number of ether oxygens (including phenoxy) is 2. The maximum Gasteiger partial charge on any atom is 0.133 e. The van der Waals surface area contributed by atoms with Crippen molar-refractivity contribution >= 4 is 0 Å². The van der Waals surface area contributed by atoms with E-state index < -0.39 is 0 Å². The summed E-state index contributed by atoms with van der Waals surface area (Å²) in [7, 11) is 0. The predicted molar refractivity (Wildman–Crippen MR) is 71.4 cm³/mol. The van der Waals surface area contributed by atoms with Crippen LogP contribution in [0, 0.1) is 0 Å². The van der Waals surface area contributed by atoms with Crippen molar-refractivity contribution in [3.63, 3.8) is 0 Å². The number of furan rings is 1.